The van der Waals surface area contributed by atoms with Gasteiger partial charge in [0.2, 0.25) is 0 Å². The highest BCUT2D eigenvalue weighted by Crippen LogP contribution is 2.51. The fourth-order valence-corrected chi connectivity index (χ4v) is 5.55. The Morgan fingerprint density at radius 3 is 2.54 bits per heavy atom. The number of rotatable bonds is 2. The molecule has 1 aliphatic carbocycles. The molecule has 3 aromatic rings. The first kappa shape index (κ1) is 17.2. The van der Waals surface area contributed by atoms with Crippen molar-refractivity contribution < 1.29 is 4.92 Å². The summed E-state index contributed by atoms with van der Waals surface area (Å²) < 4.78 is 0. The van der Waals surface area contributed by atoms with Gasteiger partial charge in [-0.15, -0.1) is 11.8 Å². The molecule has 2 atom stereocenters. The monoisotopic (exact) mass is 386 g/mol. The summed E-state index contributed by atoms with van der Waals surface area (Å²) in [5.41, 5.74) is 5.98. The molecule has 1 aliphatic heterocycles. The van der Waals surface area contributed by atoms with E-state index >= 15 is 0 Å². The number of hydrogen-bond donors (Lipinski definition) is 0. The second kappa shape index (κ2) is 6.91. The molecule has 5 heteroatoms. The maximum absolute atomic E-state index is 11.1. The normalized spacial score (nSPS) is 20.2. The number of nitrogens with zero attached hydrogens (tertiary/aromatic N) is 2. The lowest BCUT2D eigenvalue weighted by atomic mass is 9.78. The van der Waals surface area contributed by atoms with Gasteiger partial charge in [-0.3, -0.25) is 15.1 Å². The summed E-state index contributed by atoms with van der Waals surface area (Å²) in [5, 5.41) is 11.2. The number of nitro groups is 1. The number of non-ortho nitro benzene ring substituents is 1. The molecule has 0 N–H and O–H groups in total. The molecule has 0 spiro atoms. The Labute approximate surface area is 167 Å². The van der Waals surface area contributed by atoms with Crippen LogP contribution in [0.5, 0.6) is 0 Å². The Morgan fingerprint density at radius 1 is 0.964 bits per heavy atom. The van der Waals surface area contributed by atoms with Gasteiger partial charge in [0.25, 0.3) is 5.69 Å². The molecule has 0 bridgehead atoms. The van der Waals surface area contributed by atoms with Crippen LogP contribution in [-0.4, -0.2) is 10.6 Å². The Morgan fingerprint density at radius 2 is 1.71 bits per heavy atom. The van der Waals surface area contributed by atoms with E-state index < -0.39 is 0 Å². The predicted octanol–water partition coefficient (Wildman–Crippen LogP) is 6.13. The number of hydrogen-bond acceptors (Lipinski definition) is 4. The molecule has 0 fully saturated rings. The second-order valence-electron chi connectivity index (χ2n) is 7.15. The van der Waals surface area contributed by atoms with Crippen LogP contribution < -0.4 is 0 Å². The first-order valence-electron chi connectivity index (χ1n) is 9.37. The summed E-state index contributed by atoms with van der Waals surface area (Å²) in [5.74, 6) is 0.272. The molecule has 0 radical (unpaired) electrons. The zero-order chi connectivity index (χ0) is 19.1. The first-order valence-corrected chi connectivity index (χ1v) is 10.3. The van der Waals surface area contributed by atoms with E-state index in [0.29, 0.717) is 0 Å². The van der Waals surface area contributed by atoms with Crippen molar-refractivity contribution in [1.29, 1.82) is 0 Å². The minimum atomic E-state index is -0.344. The number of benzene rings is 3. The fourth-order valence-electron chi connectivity index (χ4n) is 4.16. The lowest BCUT2D eigenvalue weighted by molar-refractivity contribution is -0.384. The molecule has 0 saturated carbocycles. The summed E-state index contributed by atoms with van der Waals surface area (Å²) in [6.45, 7) is 0. The molecule has 3 aromatic carbocycles. The maximum Gasteiger partial charge on any atom is 0.269 e. The largest absolute Gasteiger partial charge is 0.269 e. The maximum atomic E-state index is 11.1. The van der Waals surface area contributed by atoms with Gasteiger partial charge in [-0.05, 0) is 41.7 Å². The standard InChI is InChI=1S/C23H18N2O2S/c26-25(27)17-12-9-16(10-13-17)23-19-14-11-15-5-1-2-6-18(15)22(19)24-20-7-3-4-8-21(20)28-23/h1-10,12-13,19,23H,11,14H2/t19-,23+/m1/s1. The Bertz CT molecular complexity index is 1090. The minimum absolute atomic E-state index is 0.130. The molecule has 0 amide bonds. The molecule has 5 rings (SSSR count). The second-order valence-corrected chi connectivity index (χ2v) is 8.34. The van der Waals surface area contributed by atoms with Crippen LogP contribution >= 0.6 is 11.8 Å². The van der Waals surface area contributed by atoms with Crippen molar-refractivity contribution in [3.05, 3.63) is 99.6 Å². The van der Waals surface area contributed by atoms with Crippen molar-refractivity contribution in [1.82, 2.24) is 0 Å². The van der Waals surface area contributed by atoms with Gasteiger partial charge < -0.3 is 0 Å². The van der Waals surface area contributed by atoms with Crippen LogP contribution in [0, 0.1) is 16.0 Å². The van der Waals surface area contributed by atoms with Crippen molar-refractivity contribution in [3.8, 4) is 0 Å². The smallest absolute Gasteiger partial charge is 0.258 e. The summed E-state index contributed by atoms with van der Waals surface area (Å²) >= 11 is 1.82. The topological polar surface area (TPSA) is 55.5 Å². The molecule has 0 aromatic heterocycles. The van der Waals surface area contributed by atoms with Crippen LogP contribution in [0.2, 0.25) is 0 Å². The number of fused-ring (bicyclic) bond motifs is 4. The number of thioether (sulfide) groups is 1. The van der Waals surface area contributed by atoms with Crippen LogP contribution in [0.25, 0.3) is 0 Å². The molecule has 0 unspecified atom stereocenters. The SMILES string of the molecule is O=[N+]([O-])c1ccc([C@@H]2Sc3ccccc3N=C3c4ccccc4CC[C@H]32)cc1. The van der Waals surface area contributed by atoms with E-state index in [9.17, 15) is 10.1 Å². The number of nitro benzene ring substituents is 1. The summed E-state index contributed by atoms with van der Waals surface area (Å²) in [4.78, 5) is 17.0. The van der Waals surface area contributed by atoms with Crippen molar-refractivity contribution >= 4 is 28.8 Å². The molecule has 2 aliphatic rings. The highest BCUT2D eigenvalue weighted by Gasteiger charge is 2.35. The van der Waals surface area contributed by atoms with Gasteiger partial charge in [0.15, 0.2) is 0 Å². The summed E-state index contributed by atoms with van der Waals surface area (Å²) in [6, 6.07) is 23.8. The first-order chi connectivity index (χ1) is 13.7. The van der Waals surface area contributed by atoms with Gasteiger partial charge in [0.1, 0.15) is 0 Å². The minimum Gasteiger partial charge on any atom is -0.258 e. The van der Waals surface area contributed by atoms with E-state index in [1.54, 1.807) is 12.1 Å². The quantitative estimate of drug-likeness (QED) is 0.393. The Hall–Kier alpha value is -2.92. The molecule has 4 nitrogen and oxygen atoms in total. The van der Waals surface area contributed by atoms with Gasteiger partial charge in [-0.1, -0.05) is 48.5 Å². The third-order valence-corrected chi connectivity index (χ3v) is 6.98. The highest BCUT2D eigenvalue weighted by molar-refractivity contribution is 7.99. The summed E-state index contributed by atoms with van der Waals surface area (Å²) in [7, 11) is 0. The van der Waals surface area contributed by atoms with Gasteiger partial charge in [-0.25, -0.2) is 0 Å². The molecular weight excluding hydrogens is 368 g/mol. The van der Waals surface area contributed by atoms with Crippen molar-refractivity contribution in [2.45, 2.75) is 23.0 Å². The Kier molecular flexibility index (Phi) is 4.24. The lowest BCUT2D eigenvalue weighted by Gasteiger charge is -2.31. The van der Waals surface area contributed by atoms with Crippen molar-refractivity contribution in [2.75, 3.05) is 0 Å². The van der Waals surface area contributed by atoms with Crippen LogP contribution in [0.1, 0.15) is 28.4 Å². The zero-order valence-corrected chi connectivity index (χ0v) is 15.9. The van der Waals surface area contributed by atoms with E-state index in [4.69, 9.17) is 4.99 Å². The van der Waals surface area contributed by atoms with E-state index in [2.05, 4.69) is 36.4 Å². The van der Waals surface area contributed by atoms with Gasteiger partial charge in [0.05, 0.1) is 16.3 Å². The van der Waals surface area contributed by atoms with Crippen LogP contribution in [-0.2, 0) is 6.42 Å². The van der Waals surface area contributed by atoms with Gasteiger partial charge in [-0.2, -0.15) is 0 Å². The third kappa shape index (κ3) is 2.92. The van der Waals surface area contributed by atoms with Gasteiger partial charge in [0, 0.05) is 28.2 Å². The lowest BCUT2D eigenvalue weighted by Crippen LogP contribution is -2.27. The Balaban J connectivity index is 1.65. The number of aliphatic imine (C=N–C) groups is 1. The molecule has 28 heavy (non-hydrogen) atoms. The molecule has 0 saturated heterocycles. The molecule has 138 valence electrons. The van der Waals surface area contributed by atoms with Crippen LogP contribution in [0.15, 0.2) is 82.7 Å². The third-order valence-electron chi connectivity index (χ3n) is 5.53. The number of para-hydroxylation sites is 1. The van der Waals surface area contributed by atoms with E-state index in [0.717, 1.165) is 34.7 Å². The zero-order valence-electron chi connectivity index (χ0n) is 15.1. The predicted molar refractivity (Wildman–Crippen MR) is 113 cm³/mol. The van der Waals surface area contributed by atoms with Gasteiger partial charge >= 0.3 is 0 Å². The van der Waals surface area contributed by atoms with E-state index in [-0.39, 0.29) is 21.8 Å². The van der Waals surface area contributed by atoms with Crippen molar-refractivity contribution in [3.63, 3.8) is 0 Å². The average Bonchev–Trinajstić information content (AvgIpc) is 2.91. The van der Waals surface area contributed by atoms with Crippen LogP contribution in [0.3, 0.4) is 0 Å². The highest BCUT2D eigenvalue weighted by atomic mass is 32.2. The fraction of sp³-hybridized carbons (Fsp3) is 0.174. The van der Waals surface area contributed by atoms with E-state index in [1.807, 2.05) is 36.0 Å². The summed E-state index contributed by atoms with van der Waals surface area (Å²) in [6.07, 6.45) is 2.05. The molecule has 1 heterocycles. The average molecular weight is 386 g/mol. The van der Waals surface area contributed by atoms with Crippen molar-refractivity contribution in [2.24, 2.45) is 10.9 Å². The molecular formula is C23H18N2O2S. The number of aryl methyl sites for hydroxylation is 1. The van der Waals surface area contributed by atoms with Crippen LogP contribution in [0.4, 0.5) is 11.4 Å². The van der Waals surface area contributed by atoms with E-state index in [1.165, 1.54) is 11.1 Å².